The lowest BCUT2D eigenvalue weighted by Gasteiger charge is -2.10. The van der Waals surface area contributed by atoms with Gasteiger partial charge in [0.2, 0.25) is 0 Å². The number of hydrogen-bond donors (Lipinski definition) is 2. The smallest absolute Gasteiger partial charge is 0.280 e. The van der Waals surface area contributed by atoms with E-state index >= 15 is 0 Å². The van der Waals surface area contributed by atoms with Gasteiger partial charge in [0.15, 0.2) is 0 Å². The number of anilines is 1. The highest BCUT2D eigenvalue weighted by Gasteiger charge is 2.27. The average molecular weight is 556 g/mol. The van der Waals surface area contributed by atoms with Crippen molar-refractivity contribution < 1.29 is 22.8 Å². The molecule has 0 saturated carbocycles. The van der Waals surface area contributed by atoms with Crippen LogP contribution in [0.25, 0.3) is 38.5 Å². The van der Waals surface area contributed by atoms with Crippen molar-refractivity contribution in [1.29, 1.82) is 0 Å². The largest absolute Gasteiger partial charge is 0.464 e. The summed E-state index contributed by atoms with van der Waals surface area (Å²) < 4.78 is 34.5. The number of nitrogens with one attached hydrogen (secondary N) is 1. The summed E-state index contributed by atoms with van der Waals surface area (Å²) in [5.74, 6) is -1.15. The molecule has 2 amide bonds. The molecule has 0 aliphatic heterocycles. The Balaban J connectivity index is 1.52. The molecule has 0 unspecified atom stereocenters. The number of pyridine rings is 1. The number of amides is 2. The third kappa shape index (κ3) is 4.52. The van der Waals surface area contributed by atoms with Crippen LogP contribution in [-0.4, -0.2) is 26.6 Å². The molecule has 0 bridgehead atoms. The van der Waals surface area contributed by atoms with Gasteiger partial charge in [-0.1, -0.05) is 48.5 Å². The van der Waals surface area contributed by atoms with Gasteiger partial charge in [0.05, 0.1) is 23.2 Å². The maximum absolute atomic E-state index is 13.9. The molecule has 40 heavy (non-hydrogen) atoms. The number of primary amides is 1. The summed E-state index contributed by atoms with van der Waals surface area (Å²) in [6.45, 7) is 0. The number of nitrogens with zero attached hydrogens (tertiary/aromatic N) is 3. The summed E-state index contributed by atoms with van der Waals surface area (Å²) >= 11 is 0.819. The quantitative estimate of drug-likeness (QED) is 0.227. The zero-order valence-corrected chi connectivity index (χ0v) is 21.4. The molecule has 2 aromatic carbocycles. The maximum atomic E-state index is 13.9. The lowest BCUT2D eigenvalue weighted by Crippen LogP contribution is -2.17. The van der Waals surface area contributed by atoms with Crippen molar-refractivity contribution in [2.24, 2.45) is 5.73 Å². The topological polar surface area (TPSA) is 116 Å². The molecule has 11 heteroatoms. The van der Waals surface area contributed by atoms with E-state index in [2.05, 4.69) is 15.4 Å². The number of hydrogen-bond acceptors (Lipinski definition) is 6. The normalized spacial score (nSPS) is 11.3. The SMILES string of the molecule is NC(=O)c1sc2nc(C(F)F)cc(-c3ccco3)c2c1NC(=O)c1cn(-c2ccccc2)nc1-c1ccccc1. The second kappa shape index (κ2) is 10.2. The molecule has 0 aliphatic rings. The highest BCUT2D eigenvalue weighted by molar-refractivity contribution is 7.21. The fraction of sp³-hybridized carbons (Fsp3) is 0.0345. The van der Waals surface area contributed by atoms with E-state index in [1.54, 1.807) is 23.0 Å². The summed E-state index contributed by atoms with van der Waals surface area (Å²) in [6, 6.07) is 22.8. The number of alkyl halides is 2. The number of para-hydroxylation sites is 1. The van der Waals surface area contributed by atoms with Crippen molar-refractivity contribution in [1.82, 2.24) is 14.8 Å². The summed E-state index contributed by atoms with van der Waals surface area (Å²) in [5.41, 5.74) is 7.54. The predicted octanol–water partition coefficient (Wildman–Crippen LogP) is 6.70. The van der Waals surface area contributed by atoms with Crippen molar-refractivity contribution in [2.45, 2.75) is 6.43 Å². The highest BCUT2D eigenvalue weighted by Crippen LogP contribution is 2.43. The zero-order valence-electron chi connectivity index (χ0n) is 20.5. The Morgan fingerprint density at radius 2 is 1.73 bits per heavy atom. The van der Waals surface area contributed by atoms with Crippen LogP contribution in [0.2, 0.25) is 0 Å². The fourth-order valence-corrected chi connectivity index (χ4v) is 5.41. The molecular weight excluding hydrogens is 536 g/mol. The number of aromatic nitrogens is 3. The van der Waals surface area contributed by atoms with Crippen LogP contribution in [0.5, 0.6) is 0 Å². The van der Waals surface area contributed by atoms with Gasteiger partial charge in [-0.15, -0.1) is 11.3 Å². The van der Waals surface area contributed by atoms with Crippen molar-refractivity contribution in [3.63, 3.8) is 0 Å². The van der Waals surface area contributed by atoms with Crippen molar-refractivity contribution in [3.8, 4) is 28.3 Å². The number of carbonyl (C=O) groups excluding carboxylic acids is 2. The number of fused-ring (bicyclic) bond motifs is 1. The van der Waals surface area contributed by atoms with Crippen LogP contribution in [0.4, 0.5) is 14.5 Å². The lowest BCUT2D eigenvalue weighted by molar-refractivity contribution is 0.100. The van der Waals surface area contributed by atoms with Crippen LogP contribution >= 0.6 is 11.3 Å². The van der Waals surface area contributed by atoms with Gasteiger partial charge in [-0.3, -0.25) is 9.59 Å². The summed E-state index contributed by atoms with van der Waals surface area (Å²) in [6.07, 6.45) is 0.118. The number of nitrogens with two attached hydrogens (primary N) is 1. The van der Waals surface area contributed by atoms with E-state index in [4.69, 9.17) is 10.2 Å². The van der Waals surface area contributed by atoms with E-state index in [0.717, 1.165) is 17.0 Å². The number of carbonyl (C=O) groups is 2. The van der Waals surface area contributed by atoms with Crippen LogP contribution in [0, 0.1) is 0 Å². The number of halogens is 2. The van der Waals surface area contributed by atoms with Gasteiger partial charge >= 0.3 is 0 Å². The van der Waals surface area contributed by atoms with Crippen molar-refractivity contribution >= 4 is 39.1 Å². The van der Waals surface area contributed by atoms with E-state index in [9.17, 15) is 18.4 Å². The molecule has 0 saturated heterocycles. The Morgan fingerprint density at radius 1 is 1.00 bits per heavy atom. The van der Waals surface area contributed by atoms with Crippen LogP contribution < -0.4 is 11.1 Å². The zero-order chi connectivity index (χ0) is 27.8. The Morgan fingerprint density at radius 3 is 2.38 bits per heavy atom. The number of rotatable bonds is 7. The molecule has 0 radical (unpaired) electrons. The Bertz CT molecular complexity index is 1850. The van der Waals surface area contributed by atoms with Gasteiger partial charge < -0.3 is 15.5 Å². The third-order valence-corrected chi connectivity index (χ3v) is 7.28. The van der Waals surface area contributed by atoms with Crippen LogP contribution in [0.15, 0.2) is 95.7 Å². The Labute approximate surface area is 229 Å². The van der Waals surface area contributed by atoms with Gasteiger partial charge in [0, 0.05) is 22.7 Å². The van der Waals surface area contributed by atoms with Gasteiger partial charge in [-0.2, -0.15) is 5.10 Å². The van der Waals surface area contributed by atoms with Crippen LogP contribution in [-0.2, 0) is 0 Å². The second-order valence-electron chi connectivity index (χ2n) is 8.71. The van der Waals surface area contributed by atoms with E-state index in [0.29, 0.717) is 11.3 Å². The number of benzene rings is 2. The van der Waals surface area contributed by atoms with Crippen molar-refractivity contribution in [2.75, 3.05) is 5.32 Å². The Kier molecular flexibility index (Phi) is 6.40. The fourth-order valence-electron chi connectivity index (χ4n) is 4.39. The van der Waals surface area contributed by atoms with Gasteiger partial charge in [0.25, 0.3) is 18.2 Å². The number of furan rings is 1. The molecule has 198 valence electrons. The molecular formula is C29H19F2N5O3S. The molecule has 6 rings (SSSR count). The van der Waals surface area contributed by atoms with Gasteiger partial charge in [-0.05, 0) is 30.3 Å². The molecule has 0 spiro atoms. The first-order chi connectivity index (χ1) is 19.4. The molecule has 0 atom stereocenters. The molecule has 0 aliphatic carbocycles. The van der Waals surface area contributed by atoms with Gasteiger partial charge in [0.1, 0.15) is 26.9 Å². The summed E-state index contributed by atoms with van der Waals surface area (Å²) in [4.78, 5) is 30.5. The minimum atomic E-state index is -2.87. The molecule has 8 nitrogen and oxygen atoms in total. The first-order valence-corrected chi connectivity index (χ1v) is 12.8. The standard InChI is InChI=1S/C29H19F2N5O3S/c30-26(31)20-14-18(21-12-7-13-39-21)22-24(25(27(32)37)40-29(22)33-20)34-28(38)19-15-36(17-10-5-2-6-11-17)35-23(19)16-8-3-1-4-9-16/h1-15,26H,(H2,32,37)(H,34,38). The molecule has 6 aromatic rings. The minimum Gasteiger partial charge on any atom is -0.464 e. The molecule has 3 N–H and O–H groups in total. The van der Waals surface area contributed by atoms with Crippen LogP contribution in [0.3, 0.4) is 0 Å². The molecule has 4 aromatic heterocycles. The van der Waals surface area contributed by atoms with Gasteiger partial charge in [-0.25, -0.2) is 18.4 Å². The Hall–Kier alpha value is -5.16. The third-order valence-electron chi connectivity index (χ3n) is 6.18. The van der Waals surface area contributed by atoms with E-state index in [1.807, 2.05) is 60.7 Å². The monoisotopic (exact) mass is 555 g/mol. The lowest BCUT2D eigenvalue weighted by atomic mass is 10.1. The maximum Gasteiger partial charge on any atom is 0.280 e. The van der Waals surface area contributed by atoms with E-state index < -0.39 is 23.9 Å². The first-order valence-electron chi connectivity index (χ1n) is 12.0. The number of thiophene rings is 1. The van der Waals surface area contributed by atoms with Crippen molar-refractivity contribution in [3.05, 3.63) is 107 Å². The molecule has 0 fully saturated rings. The van der Waals surface area contributed by atoms with E-state index in [1.165, 1.54) is 12.3 Å². The second-order valence-corrected chi connectivity index (χ2v) is 9.71. The molecule has 4 heterocycles. The van der Waals surface area contributed by atoms with Crippen LogP contribution in [0.1, 0.15) is 32.1 Å². The predicted molar refractivity (Wildman–Crippen MR) is 148 cm³/mol. The summed E-state index contributed by atoms with van der Waals surface area (Å²) in [5, 5.41) is 7.74. The minimum absolute atomic E-state index is 0.0354. The van der Waals surface area contributed by atoms with E-state index in [-0.39, 0.29) is 37.7 Å². The summed E-state index contributed by atoms with van der Waals surface area (Å²) in [7, 11) is 0. The first kappa shape index (κ1) is 25.1. The average Bonchev–Trinajstić information content (AvgIpc) is 3.73. The highest BCUT2D eigenvalue weighted by atomic mass is 32.1.